The number of anilines is 1. The van der Waals surface area contributed by atoms with E-state index in [1.165, 1.54) is 19.2 Å². The zero-order valence-electron chi connectivity index (χ0n) is 11.3. The van der Waals surface area contributed by atoms with E-state index in [-0.39, 0.29) is 11.4 Å². The number of amides is 1. The van der Waals surface area contributed by atoms with Crippen molar-refractivity contribution in [1.82, 2.24) is 0 Å². The summed E-state index contributed by atoms with van der Waals surface area (Å²) in [6, 6.07) is 6.21. The number of nitro benzene ring substituents is 1. The molecule has 8 heteroatoms. The van der Waals surface area contributed by atoms with Gasteiger partial charge in [-0.1, -0.05) is 0 Å². The molecule has 0 aliphatic carbocycles. The molecule has 2 aromatic carbocycles. The van der Waals surface area contributed by atoms with E-state index in [0.29, 0.717) is 6.07 Å². The number of nitro groups is 1. The van der Waals surface area contributed by atoms with Crippen molar-refractivity contribution < 1.29 is 23.2 Å². The Balaban J connectivity index is 2.34. The average Bonchev–Trinajstić information content (AvgIpc) is 2.47. The van der Waals surface area contributed by atoms with Crippen molar-refractivity contribution in [3.8, 4) is 5.75 Å². The molecule has 0 radical (unpaired) electrons. The van der Waals surface area contributed by atoms with Crippen LogP contribution in [-0.2, 0) is 0 Å². The number of halogens is 2. The van der Waals surface area contributed by atoms with Crippen molar-refractivity contribution in [3.63, 3.8) is 0 Å². The van der Waals surface area contributed by atoms with Crippen LogP contribution in [0.5, 0.6) is 5.75 Å². The molecule has 0 saturated heterocycles. The van der Waals surface area contributed by atoms with E-state index in [1.54, 1.807) is 0 Å². The number of nitrogens with one attached hydrogen (secondary N) is 1. The van der Waals surface area contributed by atoms with Crippen molar-refractivity contribution in [1.29, 1.82) is 0 Å². The van der Waals surface area contributed by atoms with Gasteiger partial charge < -0.3 is 10.1 Å². The van der Waals surface area contributed by atoms with Crippen LogP contribution in [0.2, 0.25) is 0 Å². The average molecular weight is 308 g/mol. The smallest absolute Gasteiger partial charge is 0.296 e. The normalized spacial score (nSPS) is 10.1. The number of ether oxygens (including phenoxy) is 1. The molecule has 0 fully saturated rings. The van der Waals surface area contributed by atoms with Gasteiger partial charge in [-0.3, -0.25) is 14.9 Å². The quantitative estimate of drug-likeness (QED) is 0.695. The Hall–Kier alpha value is -3.03. The summed E-state index contributed by atoms with van der Waals surface area (Å²) in [5.74, 6) is -2.58. The van der Waals surface area contributed by atoms with Gasteiger partial charge in [0.05, 0.1) is 23.7 Å². The zero-order valence-corrected chi connectivity index (χ0v) is 11.3. The molecule has 0 aromatic heterocycles. The van der Waals surface area contributed by atoms with E-state index in [4.69, 9.17) is 4.74 Å². The van der Waals surface area contributed by atoms with Crippen LogP contribution in [0.25, 0.3) is 0 Å². The van der Waals surface area contributed by atoms with Gasteiger partial charge in [0.15, 0.2) is 0 Å². The number of hydrogen-bond donors (Lipinski definition) is 1. The first-order valence-corrected chi connectivity index (χ1v) is 6.01. The van der Waals surface area contributed by atoms with E-state index in [1.807, 2.05) is 0 Å². The Morgan fingerprint density at radius 3 is 2.55 bits per heavy atom. The molecule has 1 amide bonds. The number of hydrogen-bond acceptors (Lipinski definition) is 4. The van der Waals surface area contributed by atoms with Gasteiger partial charge in [-0.2, -0.15) is 0 Å². The number of methoxy groups -OCH3 is 1. The third kappa shape index (κ3) is 3.17. The largest absolute Gasteiger partial charge is 0.496 e. The lowest BCUT2D eigenvalue weighted by Crippen LogP contribution is -2.15. The van der Waals surface area contributed by atoms with Crippen LogP contribution < -0.4 is 10.1 Å². The van der Waals surface area contributed by atoms with Crippen LogP contribution in [-0.4, -0.2) is 17.9 Å². The molecule has 6 nitrogen and oxygen atoms in total. The predicted octanol–water partition coefficient (Wildman–Crippen LogP) is 3.13. The second-order valence-corrected chi connectivity index (χ2v) is 4.22. The van der Waals surface area contributed by atoms with Crippen molar-refractivity contribution >= 4 is 17.3 Å². The molecule has 0 aliphatic heterocycles. The molecule has 0 unspecified atom stereocenters. The van der Waals surface area contributed by atoms with Gasteiger partial charge in [0, 0.05) is 6.07 Å². The molecule has 0 bridgehead atoms. The highest BCUT2D eigenvalue weighted by atomic mass is 19.1. The maximum atomic E-state index is 13.5. The topological polar surface area (TPSA) is 81.5 Å². The lowest BCUT2D eigenvalue weighted by Gasteiger charge is -2.08. The highest BCUT2D eigenvalue weighted by Gasteiger charge is 2.19. The second-order valence-electron chi connectivity index (χ2n) is 4.22. The van der Waals surface area contributed by atoms with Gasteiger partial charge >= 0.3 is 0 Å². The molecule has 0 atom stereocenters. The van der Waals surface area contributed by atoms with Crippen LogP contribution in [0.15, 0.2) is 36.4 Å². The fourth-order valence-corrected chi connectivity index (χ4v) is 1.76. The first-order chi connectivity index (χ1) is 10.4. The standard InChI is InChI=1S/C14H10F2N2O4/c1-22-9-3-5-12(13(7-9)18(20)21)17-14(19)10-4-2-8(15)6-11(10)16/h2-7H,1H3,(H,17,19). The molecule has 114 valence electrons. The maximum absolute atomic E-state index is 13.5. The number of rotatable bonds is 4. The van der Waals surface area contributed by atoms with Crippen LogP contribution in [0, 0.1) is 21.7 Å². The summed E-state index contributed by atoms with van der Waals surface area (Å²) in [6.45, 7) is 0. The Morgan fingerprint density at radius 2 is 1.95 bits per heavy atom. The SMILES string of the molecule is COc1ccc(NC(=O)c2ccc(F)cc2F)c([N+](=O)[O-])c1. The lowest BCUT2D eigenvalue weighted by molar-refractivity contribution is -0.384. The first kappa shape index (κ1) is 15.4. The molecule has 22 heavy (non-hydrogen) atoms. The van der Waals surface area contributed by atoms with Gasteiger partial charge in [0.2, 0.25) is 0 Å². The fraction of sp³-hybridized carbons (Fsp3) is 0.0714. The van der Waals surface area contributed by atoms with Gasteiger partial charge in [-0.25, -0.2) is 8.78 Å². The summed E-state index contributed by atoms with van der Waals surface area (Å²) < 4.78 is 31.2. The Labute approximate surface area is 123 Å². The van der Waals surface area contributed by atoms with E-state index in [0.717, 1.165) is 18.2 Å². The minimum atomic E-state index is -1.06. The van der Waals surface area contributed by atoms with Gasteiger partial charge in [-0.05, 0) is 24.3 Å². The minimum Gasteiger partial charge on any atom is -0.496 e. The Morgan fingerprint density at radius 1 is 1.23 bits per heavy atom. The second kappa shape index (κ2) is 6.17. The summed E-state index contributed by atoms with van der Waals surface area (Å²) >= 11 is 0. The minimum absolute atomic E-state index is 0.125. The van der Waals surface area contributed by atoms with E-state index in [2.05, 4.69) is 5.32 Å². The van der Waals surface area contributed by atoms with Crippen LogP contribution >= 0.6 is 0 Å². The monoisotopic (exact) mass is 308 g/mol. The van der Waals surface area contributed by atoms with Crippen molar-refractivity contribution in [2.24, 2.45) is 0 Å². The van der Waals surface area contributed by atoms with E-state index >= 15 is 0 Å². The first-order valence-electron chi connectivity index (χ1n) is 6.01. The van der Waals surface area contributed by atoms with Crippen LogP contribution in [0.4, 0.5) is 20.2 Å². The highest BCUT2D eigenvalue weighted by molar-refractivity contribution is 6.05. The molecule has 2 rings (SSSR count). The van der Waals surface area contributed by atoms with Crippen molar-refractivity contribution in [2.75, 3.05) is 12.4 Å². The molecule has 1 N–H and O–H groups in total. The predicted molar refractivity (Wildman–Crippen MR) is 74.0 cm³/mol. The lowest BCUT2D eigenvalue weighted by atomic mass is 10.2. The van der Waals surface area contributed by atoms with Crippen LogP contribution in [0.1, 0.15) is 10.4 Å². The molecular formula is C14H10F2N2O4. The fourth-order valence-electron chi connectivity index (χ4n) is 1.76. The molecule has 0 aliphatic rings. The molecule has 0 spiro atoms. The maximum Gasteiger partial charge on any atom is 0.296 e. The number of carbonyl (C=O) groups is 1. The summed E-state index contributed by atoms with van der Waals surface area (Å²) in [4.78, 5) is 22.2. The zero-order chi connectivity index (χ0) is 16.3. The molecule has 0 saturated carbocycles. The number of carbonyl (C=O) groups excluding carboxylic acids is 1. The van der Waals surface area contributed by atoms with Crippen LogP contribution in [0.3, 0.4) is 0 Å². The summed E-state index contributed by atoms with van der Waals surface area (Å²) in [5, 5.41) is 13.2. The van der Waals surface area contributed by atoms with Gasteiger partial charge in [-0.15, -0.1) is 0 Å². The van der Waals surface area contributed by atoms with E-state index < -0.39 is 33.7 Å². The van der Waals surface area contributed by atoms with Crippen molar-refractivity contribution in [3.05, 3.63) is 63.7 Å². The Bertz CT molecular complexity index is 750. The van der Waals surface area contributed by atoms with E-state index in [9.17, 15) is 23.7 Å². The highest BCUT2D eigenvalue weighted by Crippen LogP contribution is 2.29. The van der Waals surface area contributed by atoms with Gasteiger partial charge in [0.1, 0.15) is 23.1 Å². The van der Waals surface area contributed by atoms with Gasteiger partial charge in [0.25, 0.3) is 11.6 Å². The Kier molecular flexibility index (Phi) is 4.31. The third-order valence-electron chi connectivity index (χ3n) is 2.83. The summed E-state index contributed by atoms with van der Waals surface area (Å²) in [7, 11) is 1.34. The molecular weight excluding hydrogens is 298 g/mol. The third-order valence-corrected chi connectivity index (χ3v) is 2.83. The van der Waals surface area contributed by atoms with Crippen molar-refractivity contribution in [2.45, 2.75) is 0 Å². The summed E-state index contributed by atoms with van der Waals surface area (Å²) in [5.41, 5.74) is -0.957. The number of benzene rings is 2. The molecule has 0 heterocycles. The number of nitrogens with zero attached hydrogens (tertiary/aromatic N) is 1. The molecule has 2 aromatic rings. The summed E-state index contributed by atoms with van der Waals surface area (Å²) in [6.07, 6.45) is 0.